The van der Waals surface area contributed by atoms with E-state index in [2.05, 4.69) is 66.5 Å². The highest BCUT2D eigenvalue weighted by Crippen LogP contribution is 2.38. The number of thiophene rings is 1. The molecule has 0 saturated carbocycles. The number of aryl methyl sites for hydroxylation is 3. The van der Waals surface area contributed by atoms with Crippen molar-refractivity contribution in [1.29, 1.82) is 0 Å². The van der Waals surface area contributed by atoms with Crippen LogP contribution in [0.15, 0.2) is 47.6 Å². The molecule has 0 atom stereocenters. The number of benzene rings is 2. The van der Waals surface area contributed by atoms with Crippen molar-refractivity contribution in [2.45, 2.75) is 59.9 Å². The van der Waals surface area contributed by atoms with Crippen LogP contribution < -0.4 is 10.7 Å². The first-order chi connectivity index (χ1) is 19.8. The molecule has 0 saturated heterocycles. The predicted molar refractivity (Wildman–Crippen MR) is 170 cm³/mol. The lowest BCUT2D eigenvalue weighted by atomic mass is 9.95. The first kappa shape index (κ1) is 30.6. The molecular formula is C33H43N5O2S. The number of amides is 2. The van der Waals surface area contributed by atoms with Gasteiger partial charge < -0.3 is 15.1 Å². The summed E-state index contributed by atoms with van der Waals surface area (Å²) in [6.45, 7) is 13.3. The fraction of sp³-hybridized carbons (Fsp3) is 0.424. The fourth-order valence-corrected chi connectivity index (χ4v) is 6.47. The summed E-state index contributed by atoms with van der Waals surface area (Å²) in [5, 5.41) is 7.90. The van der Waals surface area contributed by atoms with Gasteiger partial charge in [-0.15, -0.1) is 11.3 Å². The van der Waals surface area contributed by atoms with E-state index in [-0.39, 0.29) is 11.8 Å². The van der Waals surface area contributed by atoms with Gasteiger partial charge >= 0.3 is 0 Å². The SMILES string of the molecule is CCN(CC)CCN(C)Cc1cccc(C(=O)Nc2sc3c(c2C(=O)N/N=C/c2ccc(C)c(C)c2)CCCC3)c1. The molecule has 0 spiro atoms. The fourth-order valence-electron chi connectivity index (χ4n) is 5.19. The van der Waals surface area contributed by atoms with Crippen LogP contribution in [0.25, 0.3) is 0 Å². The molecule has 1 aromatic heterocycles. The zero-order chi connectivity index (χ0) is 29.4. The van der Waals surface area contributed by atoms with Crippen LogP contribution in [0.2, 0.25) is 0 Å². The number of carbonyl (C=O) groups is 2. The van der Waals surface area contributed by atoms with Crippen LogP contribution in [0.3, 0.4) is 0 Å². The summed E-state index contributed by atoms with van der Waals surface area (Å²) in [7, 11) is 2.11. The number of hydrazone groups is 1. The minimum Gasteiger partial charge on any atom is -0.313 e. The summed E-state index contributed by atoms with van der Waals surface area (Å²) >= 11 is 1.52. The minimum absolute atomic E-state index is 0.205. The standard InChI is InChI=1S/C33H43N5O2S/c1-6-38(7-2)18-17-37(5)22-26-11-10-12-27(20-26)31(39)35-33-30(28-13-8-9-14-29(28)41-33)32(40)36-34-21-25-16-15-23(3)24(4)19-25/h10-12,15-16,19-21H,6-9,13-14,17-18,22H2,1-5H3,(H,35,39)(H,36,40)/b34-21+. The Morgan fingerprint density at radius 3 is 2.51 bits per heavy atom. The van der Waals surface area contributed by atoms with Crippen LogP contribution >= 0.6 is 11.3 Å². The maximum atomic E-state index is 13.4. The van der Waals surface area contributed by atoms with E-state index in [1.807, 2.05) is 36.4 Å². The van der Waals surface area contributed by atoms with Crippen LogP contribution in [0.5, 0.6) is 0 Å². The summed E-state index contributed by atoms with van der Waals surface area (Å²) in [6.07, 6.45) is 5.55. The number of rotatable bonds is 12. The van der Waals surface area contributed by atoms with Gasteiger partial charge in [0, 0.05) is 30.1 Å². The Hall–Kier alpha value is -3.33. The normalized spacial score (nSPS) is 13.1. The minimum atomic E-state index is -0.289. The van der Waals surface area contributed by atoms with Gasteiger partial charge in [-0.25, -0.2) is 5.43 Å². The van der Waals surface area contributed by atoms with E-state index in [9.17, 15) is 9.59 Å². The predicted octanol–water partition coefficient (Wildman–Crippen LogP) is 6.03. The van der Waals surface area contributed by atoms with E-state index in [0.29, 0.717) is 16.1 Å². The third-order valence-corrected chi connectivity index (χ3v) is 9.08. The Balaban J connectivity index is 1.46. The molecule has 0 aliphatic heterocycles. The van der Waals surface area contributed by atoms with Gasteiger partial charge in [0.05, 0.1) is 11.8 Å². The Kier molecular flexibility index (Phi) is 10.9. The molecule has 2 N–H and O–H groups in total. The lowest BCUT2D eigenvalue weighted by molar-refractivity contribution is 0.0955. The molecule has 4 rings (SSSR count). The number of hydrogen-bond donors (Lipinski definition) is 2. The molecule has 7 nitrogen and oxygen atoms in total. The van der Waals surface area contributed by atoms with Gasteiger partial charge in [0.2, 0.25) is 0 Å². The molecular weight excluding hydrogens is 530 g/mol. The average molecular weight is 574 g/mol. The van der Waals surface area contributed by atoms with Crippen LogP contribution in [0, 0.1) is 13.8 Å². The third-order valence-electron chi connectivity index (χ3n) is 7.87. The van der Waals surface area contributed by atoms with Crippen LogP contribution in [-0.2, 0) is 19.4 Å². The summed E-state index contributed by atoms with van der Waals surface area (Å²) in [5.74, 6) is -0.493. The van der Waals surface area contributed by atoms with E-state index in [1.165, 1.54) is 27.3 Å². The van der Waals surface area contributed by atoms with E-state index in [0.717, 1.165) is 75.1 Å². The Morgan fingerprint density at radius 2 is 1.76 bits per heavy atom. The first-order valence-corrected chi connectivity index (χ1v) is 15.5. The zero-order valence-electron chi connectivity index (χ0n) is 25.0. The average Bonchev–Trinajstić information content (AvgIpc) is 3.33. The van der Waals surface area contributed by atoms with Gasteiger partial charge in [0.25, 0.3) is 11.8 Å². The Labute approximate surface area is 248 Å². The van der Waals surface area contributed by atoms with E-state index in [4.69, 9.17) is 0 Å². The first-order valence-electron chi connectivity index (χ1n) is 14.6. The van der Waals surface area contributed by atoms with E-state index >= 15 is 0 Å². The van der Waals surface area contributed by atoms with Crippen molar-refractivity contribution >= 4 is 34.4 Å². The maximum Gasteiger partial charge on any atom is 0.274 e. The molecule has 2 aromatic carbocycles. The van der Waals surface area contributed by atoms with Crippen molar-refractivity contribution in [2.24, 2.45) is 5.10 Å². The van der Waals surface area contributed by atoms with Gasteiger partial charge in [0.1, 0.15) is 5.00 Å². The molecule has 1 aliphatic carbocycles. The highest BCUT2D eigenvalue weighted by Gasteiger charge is 2.26. The van der Waals surface area contributed by atoms with Crippen molar-refractivity contribution < 1.29 is 9.59 Å². The summed E-state index contributed by atoms with van der Waals surface area (Å²) in [5.41, 5.74) is 9.28. The van der Waals surface area contributed by atoms with Gasteiger partial charge in [0.15, 0.2) is 0 Å². The Morgan fingerprint density at radius 1 is 0.976 bits per heavy atom. The molecule has 1 heterocycles. The molecule has 2 amide bonds. The van der Waals surface area contributed by atoms with Gasteiger partial charge in [-0.05, 0) is 99.6 Å². The molecule has 0 unspecified atom stereocenters. The lowest BCUT2D eigenvalue weighted by Crippen LogP contribution is -2.32. The topological polar surface area (TPSA) is 77.0 Å². The van der Waals surface area contributed by atoms with Gasteiger partial charge in [-0.2, -0.15) is 5.10 Å². The van der Waals surface area contributed by atoms with E-state index in [1.54, 1.807) is 6.21 Å². The lowest BCUT2D eigenvalue weighted by Gasteiger charge is -2.23. The summed E-state index contributed by atoms with van der Waals surface area (Å²) < 4.78 is 0. The second-order valence-corrected chi connectivity index (χ2v) is 12.0. The zero-order valence-corrected chi connectivity index (χ0v) is 25.9. The highest BCUT2D eigenvalue weighted by atomic mass is 32.1. The number of anilines is 1. The number of likely N-dealkylation sites (N-methyl/N-ethyl adjacent to an activating group) is 2. The monoisotopic (exact) mass is 573 g/mol. The summed E-state index contributed by atoms with van der Waals surface area (Å²) in [4.78, 5) is 32.6. The van der Waals surface area contributed by atoms with Crippen LogP contribution in [0.4, 0.5) is 5.00 Å². The number of nitrogens with zero attached hydrogens (tertiary/aromatic N) is 3. The molecule has 0 radical (unpaired) electrons. The van der Waals surface area contributed by atoms with Crippen molar-refractivity contribution in [2.75, 3.05) is 38.5 Å². The van der Waals surface area contributed by atoms with Gasteiger partial charge in [-0.3, -0.25) is 9.59 Å². The molecule has 0 bridgehead atoms. The maximum absolute atomic E-state index is 13.4. The van der Waals surface area contributed by atoms with Crippen molar-refractivity contribution in [3.8, 4) is 0 Å². The van der Waals surface area contributed by atoms with Crippen molar-refractivity contribution in [3.05, 3.63) is 86.3 Å². The second-order valence-electron chi connectivity index (χ2n) is 10.9. The number of carbonyl (C=O) groups excluding carboxylic acids is 2. The third kappa shape index (κ3) is 8.12. The van der Waals surface area contributed by atoms with Crippen molar-refractivity contribution in [1.82, 2.24) is 15.2 Å². The van der Waals surface area contributed by atoms with Crippen LogP contribution in [-0.4, -0.2) is 61.1 Å². The van der Waals surface area contributed by atoms with Crippen molar-refractivity contribution in [3.63, 3.8) is 0 Å². The van der Waals surface area contributed by atoms with Crippen LogP contribution in [0.1, 0.15) is 80.1 Å². The van der Waals surface area contributed by atoms with Gasteiger partial charge in [-0.1, -0.05) is 44.2 Å². The quantitative estimate of drug-likeness (QED) is 0.205. The molecule has 0 fully saturated rings. The number of nitrogens with one attached hydrogen (secondary N) is 2. The molecule has 3 aromatic rings. The molecule has 41 heavy (non-hydrogen) atoms. The highest BCUT2D eigenvalue weighted by molar-refractivity contribution is 7.17. The molecule has 1 aliphatic rings. The van der Waals surface area contributed by atoms with E-state index < -0.39 is 0 Å². The smallest absolute Gasteiger partial charge is 0.274 e. The number of fused-ring (bicyclic) bond motifs is 1. The Bertz CT molecular complexity index is 1390. The molecule has 8 heteroatoms. The number of hydrogen-bond acceptors (Lipinski definition) is 6. The summed E-state index contributed by atoms with van der Waals surface area (Å²) in [6, 6.07) is 13.8. The second kappa shape index (κ2) is 14.5. The largest absolute Gasteiger partial charge is 0.313 e. The molecule has 218 valence electrons.